The molecule has 19 heavy (non-hydrogen) atoms. The Hall–Kier alpha value is -2.63. The summed E-state index contributed by atoms with van der Waals surface area (Å²) in [5.74, 6) is -2.87. The largest absolute Gasteiger partial charge is 0.478 e. The molecule has 100 valence electrons. The molecule has 6 heteroatoms. The van der Waals surface area contributed by atoms with Gasteiger partial charge >= 0.3 is 17.9 Å². The maximum atomic E-state index is 10.9. The third-order valence-corrected chi connectivity index (χ3v) is 2.27. The van der Waals surface area contributed by atoms with Crippen LogP contribution < -0.4 is 0 Å². The summed E-state index contributed by atoms with van der Waals surface area (Å²) in [5, 5.41) is 17.8. The summed E-state index contributed by atoms with van der Waals surface area (Å²) in [4.78, 5) is 32.6. The average molecular weight is 264 g/mol. The second-order valence-corrected chi connectivity index (χ2v) is 3.64. The normalized spacial score (nSPS) is 10.4. The second kappa shape index (κ2) is 6.34. The molecule has 0 saturated heterocycles. The lowest BCUT2D eigenvalue weighted by Crippen LogP contribution is -2.03. The van der Waals surface area contributed by atoms with Crippen LogP contribution >= 0.6 is 0 Å². The Labute approximate surface area is 108 Å². The van der Waals surface area contributed by atoms with Crippen LogP contribution in [-0.4, -0.2) is 35.2 Å². The highest BCUT2D eigenvalue weighted by Crippen LogP contribution is 2.13. The van der Waals surface area contributed by atoms with Gasteiger partial charge in [0, 0.05) is 0 Å². The van der Waals surface area contributed by atoms with Crippen LogP contribution in [0.2, 0.25) is 0 Å². The molecule has 0 spiro atoms. The number of methoxy groups -OCH3 is 1. The highest BCUT2D eigenvalue weighted by atomic mass is 16.5. The zero-order valence-corrected chi connectivity index (χ0v) is 10.1. The third kappa shape index (κ3) is 4.27. The molecule has 0 aliphatic rings. The van der Waals surface area contributed by atoms with Crippen LogP contribution in [0.5, 0.6) is 0 Å². The van der Waals surface area contributed by atoms with Crippen molar-refractivity contribution in [2.75, 3.05) is 7.11 Å². The smallest absolute Gasteiger partial charge is 0.335 e. The fraction of sp³-hybridized carbons (Fsp3) is 0.154. The predicted molar refractivity (Wildman–Crippen MR) is 66.0 cm³/mol. The summed E-state index contributed by atoms with van der Waals surface area (Å²) in [6.07, 6.45) is 2.96. The van der Waals surface area contributed by atoms with Gasteiger partial charge in [-0.05, 0) is 23.8 Å². The van der Waals surface area contributed by atoms with E-state index >= 15 is 0 Å². The van der Waals surface area contributed by atoms with Crippen molar-refractivity contribution in [1.29, 1.82) is 0 Å². The number of carboxylic acid groups (broad SMARTS) is 2. The molecule has 6 nitrogen and oxygen atoms in total. The van der Waals surface area contributed by atoms with E-state index in [0.717, 1.165) is 6.07 Å². The van der Waals surface area contributed by atoms with Crippen LogP contribution in [0.15, 0.2) is 24.3 Å². The lowest BCUT2D eigenvalue weighted by molar-refractivity contribution is -0.139. The van der Waals surface area contributed by atoms with Crippen molar-refractivity contribution in [1.82, 2.24) is 0 Å². The van der Waals surface area contributed by atoms with Gasteiger partial charge in [-0.3, -0.25) is 4.79 Å². The molecule has 1 aromatic rings. The molecule has 0 radical (unpaired) electrons. The molecule has 0 atom stereocenters. The van der Waals surface area contributed by atoms with Gasteiger partial charge in [0.2, 0.25) is 0 Å². The Morgan fingerprint density at radius 1 is 1.11 bits per heavy atom. The number of carboxylic acids is 2. The minimum Gasteiger partial charge on any atom is -0.478 e. The topological polar surface area (TPSA) is 101 Å². The highest BCUT2D eigenvalue weighted by molar-refractivity contribution is 5.94. The molecule has 1 rings (SSSR count). The van der Waals surface area contributed by atoms with Crippen LogP contribution in [0.25, 0.3) is 6.08 Å². The Bertz CT molecular complexity index is 512. The molecule has 0 heterocycles. The summed E-state index contributed by atoms with van der Waals surface area (Å²) >= 11 is 0. The molecule has 0 fully saturated rings. The minimum atomic E-state index is -1.22. The van der Waals surface area contributed by atoms with E-state index in [2.05, 4.69) is 4.74 Å². The second-order valence-electron chi connectivity index (χ2n) is 3.64. The zero-order valence-electron chi connectivity index (χ0n) is 10.1. The number of carbonyl (C=O) groups is 3. The quantitative estimate of drug-likeness (QED) is 0.784. The number of benzene rings is 1. The number of aromatic carboxylic acids is 2. The van der Waals surface area contributed by atoms with Crippen LogP contribution in [0.4, 0.5) is 0 Å². The first-order chi connectivity index (χ1) is 8.93. The molecule has 2 N–H and O–H groups in total. The molecule has 0 saturated carbocycles. The fourth-order valence-electron chi connectivity index (χ4n) is 1.37. The number of hydrogen-bond acceptors (Lipinski definition) is 4. The van der Waals surface area contributed by atoms with Gasteiger partial charge in [0.25, 0.3) is 0 Å². The molecular weight excluding hydrogens is 252 g/mol. The summed E-state index contributed by atoms with van der Waals surface area (Å²) in [6, 6.07) is 3.72. The number of carbonyl (C=O) groups excluding carboxylic acids is 1. The van der Waals surface area contributed by atoms with Crippen molar-refractivity contribution in [3.63, 3.8) is 0 Å². The lowest BCUT2D eigenvalue weighted by Gasteiger charge is -2.01. The van der Waals surface area contributed by atoms with Gasteiger partial charge in [0.15, 0.2) is 0 Å². The summed E-state index contributed by atoms with van der Waals surface area (Å²) < 4.78 is 4.43. The van der Waals surface area contributed by atoms with Gasteiger partial charge in [-0.15, -0.1) is 0 Å². The van der Waals surface area contributed by atoms with E-state index in [9.17, 15) is 14.4 Å². The van der Waals surface area contributed by atoms with Gasteiger partial charge in [0.1, 0.15) is 0 Å². The van der Waals surface area contributed by atoms with E-state index in [1.54, 1.807) is 0 Å². The van der Waals surface area contributed by atoms with E-state index in [0.29, 0.717) is 5.56 Å². The Balaban J connectivity index is 3.03. The minimum absolute atomic E-state index is 0.0240. The van der Waals surface area contributed by atoms with Crippen LogP contribution in [0, 0.1) is 0 Å². The lowest BCUT2D eigenvalue weighted by atomic mass is 10.0. The molecule has 1 aromatic carbocycles. The van der Waals surface area contributed by atoms with E-state index in [1.165, 1.54) is 31.4 Å². The Morgan fingerprint density at radius 2 is 1.63 bits per heavy atom. The van der Waals surface area contributed by atoms with Gasteiger partial charge in [-0.2, -0.15) is 0 Å². The number of hydrogen-bond donors (Lipinski definition) is 2. The van der Waals surface area contributed by atoms with Crippen molar-refractivity contribution in [2.24, 2.45) is 0 Å². The van der Waals surface area contributed by atoms with E-state index in [1.807, 2.05) is 0 Å². The SMILES string of the molecule is COC(=O)CC=Cc1cc(C(=O)O)cc(C(=O)O)c1. The first kappa shape index (κ1) is 14.4. The number of ether oxygens (including phenoxy) is 1. The fourth-order valence-corrected chi connectivity index (χ4v) is 1.37. The molecule has 0 bridgehead atoms. The average Bonchev–Trinajstić information content (AvgIpc) is 2.38. The van der Waals surface area contributed by atoms with E-state index in [4.69, 9.17) is 10.2 Å². The Morgan fingerprint density at radius 3 is 2.05 bits per heavy atom. The van der Waals surface area contributed by atoms with Crippen molar-refractivity contribution in [3.8, 4) is 0 Å². The summed E-state index contributed by atoms with van der Waals surface area (Å²) in [7, 11) is 1.25. The van der Waals surface area contributed by atoms with Crippen LogP contribution in [0.3, 0.4) is 0 Å². The van der Waals surface area contributed by atoms with Crippen molar-refractivity contribution >= 4 is 24.0 Å². The van der Waals surface area contributed by atoms with E-state index in [-0.39, 0.29) is 17.5 Å². The molecule has 0 amide bonds. The number of rotatable bonds is 5. The summed E-state index contributed by atoms with van der Waals surface area (Å²) in [5.41, 5.74) is 0.136. The van der Waals surface area contributed by atoms with Crippen molar-refractivity contribution in [2.45, 2.75) is 6.42 Å². The molecule has 0 aliphatic carbocycles. The predicted octanol–water partition coefficient (Wildman–Crippen LogP) is 1.66. The van der Waals surface area contributed by atoms with Gasteiger partial charge < -0.3 is 14.9 Å². The van der Waals surface area contributed by atoms with Crippen LogP contribution in [-0.2, 0) is 9.53 Å². The monoisotopic (exact) mass is 264 g/mol. The maximum Gasteiger partial charge on any atom is 0.335 e. The molecular formula is C13H12O6. The van der Waals surface area contributed by atoms with Crippen molar-refractivity contribution < 1.29 is 29.3 Å². The third-order valence-electron chi connectivity index (χ3n) is 2.27. The molecule has 0 unspecified atom stereocenters. The first-order valence-electron chi connectivity index (χ1n) is 5.29. The van der Waals surface area contributed by atoms with Gasteiger partial charge in [-0.1, -0.05) is 12.2 Å². The zero-order chi connectivity index (χ0) is 14.4. The highest BCUT2D eigenvalue weighted by Gasteiger charge is 2.10. The maximum absolute atomic E-state index is 10.9. The molecule has 0 aromatic heterocycles. The van der Waals surface area contributed by atoms with Crippen LogP contribution in [0.1, 0.15) is 32.7 Å². The Kier molecular flexibility index (Phi) is 4.82. The standard InChI is InChI=1S/C13H12O6/c1-19-11(14)4-2-3-8-5-9(12(15)16)7-10(6-8)13(17)18/h2-3,5-7H,4H2,1H3,(H,15,16)(H,17,18). The van der Waals surface area contributed by atoms with E-state index < -0.39 is 17.9 Å². The number of esters is 1. The van der Waals surface area contributed by atoms with Crippen molar-refractivity contribution in [3.05, 3.63) is 41.0 Å². The summed E-state index contributed by atoms with van der Waals surface area (Å²) in [6.45, 7) is 0. The first-order valence-corrected chi connectivity index (χ1v) is 5.29. The van der Waals surface area contributed by atoms with Gasteiger partial charge in [-0.25, -0.2) is 9.59 Å². The van der Waals surface area contributed by atoms with Gasteiger partial charge in [0.05, 0.1) is 24.7 Å². The molecule has 0 aliphatic heterocycles.